The number of carbonyl (C=O) groups excluding carboxylic acids is 1. The topological polar surface area (TPSA) is 77.2 Å². The third-order valence-corrected chi connectivity index (χ3v) is 4.22. The van der Waals surface area contributed by atoms with E-state index in [4.69, 9.17) is 0 Å². The highest BCUT2D eigenvalue weighted by molar-refractivity contribution is 5.93. The first-order valence-corrected chi connectivity index (χ1v) is 8.25. The molecular weight excluding hydrogens is 330 g/mol. The van der Waals surface area contributed by atoms with E-state index in [2.05, 4.69) is 5.32 Å². The van der Waals surface area contributed by atoms with Gasteiger partial charge in [-0.3, -0.25) is 14.9 Å². The van der Waals surface area contributed by atoms with Gasteiger partial charge in [-0.15, -0.1) is 0 Å². The number of hydrogen-bond acceptors (Lipinski definition) is 3. The monoisotopic (exact) mass is 349 g/mol. The fraction of sp³-hybridized carbons (Fsp3) is 0.150. The molecule has 1 atom stereocenters. The van der Waals surface area contributed by atoms with E-state index >= 15 is 0 Å². The molecule has 1 amide bonds. The van der Waals surface area contributed by atoms with Crippen LogP contribution < -0.4 is 5.32 Å². The van der Waals surface area contributed by atoms with Gasteiger partial charge in [-0.05, 0) is 17.5 Å². The number of nitrogens with one attached hydrogen (secondary N) is 1. The van der Waals surface area contributed by atoms with Crippen molar-refractivity contribution in [3.8, 4) is 0 Å². The van der Waals surface area contributed by atoms with E-state index in [1.165, 1.54) is 16.8 Å². The molecule has 0 fully saturated rings. The van der Waals surface area contributed by atoms with Gasteiger partial charge in [0.1, 0.15) is 5.69 Å². The predicted octanol–water partition coefficient (Wildman–Crippen LogP) is 3.65. The molecule has 0 aliphatic heterocycles. The van der Waals surface area contributed by atoms with E-state index in [1.807, 2.05) is 60.7 Å². The second kappa shape index (κ2) is 7.65. The Morgan fingerprint density at radius 2 is 1.73 bits per heavy atom. The van der Waals surface area contributed by atoms with Crippen molar-refractivity contribution >= 4 is 11.6 Å². The van der Waals surface area contributed by atoms with Crippen LogP contribution in [0.1, 0.15) is 27.7 Å². The van der Waals surface area contributed by atoms with Gasteiger partial charge in [-0.1, -0.05) is 60.7 Å². The van der Waals surface area contributed by atoms with Crippen molar-refractivity contribution in [3.63, 3.8) is 0 Å². The zero-order valence-electron chi connectivity index (χ0n) is 14.3. The molecule has 0 saturated carbocycles. The summed E-state index contributed by atoms with van der Waals surface area (Å²) in [5.41, 5.74) is 2.23. The van der Waals surface area contributed by atoms with Gasteiger partial charge in [0.2, 0.25) is 0 Å². The minimum absolute atomic E-state index is 0.100. The molecule has 1 heterocycles. The fourth-order valence-corrected chi connectivity index (χ4v) is 2.89. The summed E-state index contributed by atoms with van der Waals surface area (Å²) in [5, 5.41) is 13.9. The first kappa shape index (κ1) is 17.4. The maximum absolute atomic E-state index is 12.7. The third-order valence-electron chi connectivity index (χ3n) is 4.22. The van der Waals surface area contributed by atoms with Crippen LogP contribution >= 0.6 is 0 Å². The van der Waals surface area contributed by atoms with Crippen molar-refractivity contribution in [2.24, 2.45) is 7.05 Å². The summed E-state index contributed by atoms with van der Waals surface area (Å²) in [4.78, 5) is 23.2. The average Bonchev–Trinajstić information content (AvgIpc) is 3.05. The highest BCUT2D eigenvalue weighted by atomic mass is 16.6. The molecule has 0 unspecified atom stereocenters. The lowest BCUT2D eigenvalue weighted by molar-refractivity contribution is -0.384. The second-order valence-corrected chi connectivity index (χ2v) is 6.08. The summed E-state index contributed by atoms with van der Waals surface area (Å²) >= 11 is 0. The van der Waals surface area contributed by atoms with Crippen LogP contribution in [-0.2, 0) is 13.5 Å². The molecule has 1 N–H and O–H groups in total. The Bertz CT molecular complexity index is 905. The van der Waals surface area contributed by atoms with Crippen LogP contribution in [0.2, 0.25) is 0 Å². The maximum Gasteiger partial charge on any atom is 0.287 e. The minimum Gasteiger partial charge on any atom is -0.344 e. The molecular formula is C20H19N3O3. The zero-order valence-corrected chi connectivity index (χ0v) is 14.3. The number of carbonyl (C=O) groups is 1. The SMILES string of the molecule is Cn1cc([N+](=O)[O-])cc1C(=O)N[C@H](Cc1ccccc1)c1ccccc1. The van der Waals surface area contributed by atoms with E-state index in [0.717, 1.165) is 11.1 Å². The van der Waals surface area contributed by atoms with Gasteiger partial charge in [-0.25, -0.2) is 0 Å². The van der Waals surface area contributed by atoms with Gasteiger partial charge < -0.3 is 9.88 Å². The summed E-state index contributed by atoms with van der Waals surface area (Å²) in [6.07, 6.45) is 1.97. The van der Waals surface area contributed by atoms with Crippen LogP contribution in [-0.4, -0.2) is 15.4 Å². The van der Waals surface area contributed by atoms with E-state index in [9.17, 15) is 14.9 Å². The summed E-state index contributed by atoms with van der Waals surface area (Å²) < 4.78 is 1.47. The van der Waals surface area contributed by atoms with Gasteiger partial charge in [0.05, 0.1) is 17.2 Å². The number of nitrogens with zero attached hydrogens (tertiary/aromatic N) is 2. The van der Waals surface area contributed by atoms with Crippen LogP contribution in [0.3, 0.4) is 0 Å². The number of hydrogen-bond donors (Lipinski definition) is 1. The van der Waals surface area contributed by atoms with Crippen LogP contribution in [0.15, 0.2) is 72.9 Å². The Labute approximate surface area is 151 Å². The standard InChI is InChI=1S/C20H19N3O3/c1-22-14-17(23(25)26)13-19(22)20(24)21-18(16-10-6-3-7-11-16)12-15-8-4-2-5-9-15/h2-11,13-14,18H,12H2,1H3,(H,21,24)/t18-/m1/s1. The first-order chi connectivity index (χ1) is 12.5. The lowest BCUT2D eigenvalue weighted by Crippen LogP contribution is -2.31. The lowest BCUT2D eigenvalue weighted by atomic mass is 9.98. The number of rotatable bonds is 6. The second-order valence-electron chi connectivity index (χ2n) is 6.08. The van der Waals surface area contributed by atoms with E-state index in [-0.39, 0.29) is 23.3 Å². The molecule has 26 heavy (non-hydrogen) atoms. The van der Waals surface area contributed by atoms with Crippen molar-refractivity contribution in [1.82, 2.24) is 9.88 Å². The van der Waals surface area contributed by atoms with Crippen molar-refractivity contribution in [2.75, 3.05) is 0 Å². The molecule has 0 aliphatic rings. The lowest BCUT2D eigenvalue weighted by Gasteiger charge is -2.19. The summed E-state index contributed by atoms with van der Waals surface area (Å²) in [6, 6.07) is 20.6. The molecule has 1 aromatic heterocycles. The number of amides is 1. The Morgan fingerprint density at radius 3 is 2.31 bits per heavy atom. The number of nitro groups is 1. The van der Waals surface area contributed by atoms with Gasteiger partial charge in [0.25, 0.3) is 11.6 Å². The maximum atomic E-state index is 12.7. The molecule has 2 aromatic carbocycles. The molecule has 6 nitrogen and oxygen atoms in total. The molecule has 3 rings (SSSR count). The molecule has 0 spiro atoms. The van der Waals surface area contributed by atoms with Crippen molar-refractivity contribution in [3.05, 3.63) is 99.9 Å². The Balaban J connectivity index is 1.85. The van der Waals surface area contributed by atoms with Crippen molar-refractivity contribution < 1.29 is 9.72 Å². The molecule has 0 radical (unpaired) electrons. The van der Waals surface area contributed by atoms with E-state index in [1.54, 1.807) is 7.05 Å². The van der Waals surface area contributed by atoms with Gasteiger partial charge >= 0.3 is 0 Å². The molecule has 3 aromatic rings. The van der Waals surface area contributed by atoms with Crippen LogP contribution in [0, 0.1) is 10.1 Å². The fourth-order valence-electron chi connectivity index (χ4n) is 2.89. The van der Waals surface area contributed by atoms with E-state index < -0.39 is 4.92 Å². The Kier molecular flexibility index (Phi) is 5.12. The minimum atomic E-state index is -0.505. The van der Waals surface area contributed by atoms with Crippen LogP contribution in [0.4, 0.5) is 5.69 Å². The molecule has 0 saturated heterocycles. The zero-order chi connectivity index (χ0) is 18.5. The largest absolute Gasteiger partial charge is 0.344 e. The smallest absolute Gasteiger partial charge is 0.287 e. The van der Waals surface area contributed by atoms with E-state index in [0.29, 0.717) is 6.42 Å². The molecule has 0 bridgehead atoms. The average molecular weight is 349 g/mol. The van der Waals surface area contributed by atoms with Crippen molar-refractivity contribution in [1.29, 1.82) is 0 Å². The number of benzene rings is 2. The quantitative estimate of drug-likeness (QED) is 0.545. The van der Waals surface area contributed by atoms with Gasteiger partial charge in [0.15, 0.2) is 0 Å². The summed E-state index contributed by atoms with van der Waals surface area (Å²) in [5.74, 6) is -0.342. The molecule has 0 aliphatic carbocycles. The first-order valence-electron chi connectivity index (χ1n) is 8.25. The highest BCUT2D eigenvalue weighted by Crippen LogP contribution is 2.21. The summed E-state index contributed by atoms with van der Waals surface area (Å²) in [6.45, 7) is 0. The molecule has 132 valence electrons. The third kappa shape index (κ3) is 3.97. The van der Waals surface area contributed by atoms with Crippen LogP contribution in [0.5, 0.6) is 0 Å². The van der Waals surface area contributed by atoms with Gasteiger partial charge in [0, 0.05) is 13.1 Å². The van der Waals surface area contributed by atoms with Crippen LogP contribution in [0.25, 0.3) is 0 Å². The predicted molar refractivity (Wildman–Crippen MR) is 98.9 cm³/mol. The Morgan fingerprint density at radius 1 is 1.12 bits per heavy atom. The van der Waals surface area contributed by atoms with Gasteiger partial charge in [-0.2, -0.15) is 0 Å². The Hall–Kier alpha value is -3.41. The molecule has 6 heteroatoms. The van der Waals surface area contributed by atoms with Crippen molar-refractivity contribution in [2.45, 2.75) is 12.5 Å². The number of aryl methyl sites for hydroxylation is 1. The normalized spacial score (nSPS) is 11.7. The summed E-state index contributed by atoms with van der Waals surface area (Å²) in [7, 11) is 1.62. The number of aromatic nitrogens is 1. The highest BCUT2D eigenvalue weighted by Gasteiger charge is 2.21.